The Morgan fingerprint density at radius 1 is 1.13 bits per heavy atom. The summed E-state index contributed by atoms with van der Waals surface area (Å²) in [5, 5.41) is 2.07. The van der Waals surface area contributed by atoms with E-state index in [4.69, 9.17) is 4.74 Å². The highest BCUT2D eigenvalue weighted by Gasteiger charge is 2.21. The summed E-state index contributed by atoms with van der Waals surface area (Å²) in [7, 11) is 1.25. The number of benzene rings is 3. The second-order valence-corrected chi connectivity index (χ2v) is 11.9. The number of carbonyl (C=O) groups excluding carboxylic acids is 1. The third-order valence-electron chi connectivity index (χ3n) is 6.42. The molecule has 0 fully saturated rings. The molecular formula is C30H28BrF2NO3S. The molecule has 0 spiro atoms. The van der Waals surface area contributed by atoms with E-state index in [2.05, 4.69) is 35.0 Å². The number of thiazole rings is 1. The smallest absolute Gasteiger partial charge is 0.269 e. The number of nitrogens with zero attached hydrogens (tertiary/aromatic N) is 1. The molecule has 8 heteroatoms. The molecule has 0 atom stereocenters. The van der Waals surface area contributed by atoms with Crippen LogP contribution >= 0.6 is 27.3 Å². The maximum absolute atomic E-state index is 14.9. The maximum atomic E-state index is 14.9. The topological polar surface area (TPSA) is 48.3 Å². The Bertz CT molecular complexity index is 1730. The fourth-order valence-electron chi connectivity index (χ4n) is 4.18. The van der Waals surface area contributed by atoms with Crippen molar-refractivity contribution in [1.29, 1.82) is 0 Å². The molecule has 0 radical (unpaired) electrons. The van der Waals surface area contributed by atoms with Crippen LogP contribution in [-0.2, 0) is 17.8 Å². The Kier molecular flexibility index (Phi) is 8.04. The van der Waals surface area contributed by atoms with Crippen LogP contribution in [0.5, 0.6) is 5.75 Å². The van der Waals surface area contributed by atoms with Gasteiger partial charge in [0.05, 0.1) is 18.2 Å². The number of hydrogen-bond donors (Lipinski definition) is 0. The Morgan fingerprint density at radius 2 is 1.84 bits per heavy atom. The first-order valence-corrected chi connectivity index (χ1v) is 13.8. The van der Waals surface area contributed by atoms with Crippen molar-refractivity contribution in [2.24, 2.45) is 5.41 Å². The Hall–Kier alpha value is -3.10. The van der Waals surface area contributed by atoms with Gasteiger partial charge in [-0.15, -0.1) is 11.3 Å². The van der Waals surface area contributed by atoms with Crippen molar-refractivity contribution < 1.29 is 18.3 Å². The number of ether oxygens (including phenoxy) is 1. The first kappa shape index (κ1) is 27.9. The summed E-state index contributed by atoms with van der Waals surface area (Å²) in [6, 6.07) is 13.4. The predicted octanol–water partition coefficient (Wildman–Crippen LogP) is 5.95. The molecular weight excluding hydrogens is 572 g/mol. The van der Waals surface area contributed by atoms with E-state index in [-0.39, 0.29) is 38.2 Å². The molecule has 0 aliphatic heterocycles. The SMILES string of the molecule is CCc1ccc2ccccc2c1Cn1c(=O)/c(=C/c2c(Br)cc(OC)c(F)c2F)s/c1=C\C(=O)C(C)(C)C. The van der Waals surface area contributed by atoms with Crippen LogP contribution in [0.3, 0.4) is 0 Å². The van der Waals surface area contributed by atoms with Gasteiger partial charge in [0.15, 0.2) is 17.3 Å². The Labute approximate surface area is 232 Å². The average Bonchev–Trinajstić information content (AvgIpc) is 3.17. The fraction of sp³-hybridized carbons (Fsp3) is 0.267. The summed E-state index contributed by atoms with van der Waals surface area (Å²) in [6.07, 6.45) is 3.55. The zero-order valence-electron chi connectivity index (χ0n) is 21.8. The monoisotopic (exact) mass is 599 g/mol. The molecule has 1 aromatic heterocycles. The minimum Gasteiger partial charge on any atom is -0.494 e. The quantitative estimate of drug-likeness (QED) is 0.257. The number of Topliss-reactive ketones (excluding diaryl/α,β-unsaturated/α-hetero) is 1. The number of fused-ring (bicyclic) bond motifs is 1. The van der Waals surface area contributed by atoms with Crippen molar-refractivity contribution in [1.82, 2.24) is 4.57 Å². The van der Waals surface area contributed by atoms with Gasteiger partial charge < -0.3 is 4.74 Å². The number of halogens is 3. The highest BCUT2D eigenvalue weighted by Crippen LogP contribution is 2.30. The van der Waals surface area contributed by atoms with Crippen molar-refractivity contribution in [2.45, 2.75) is 40.7 Å². The van der Waals surface area contributed by atoms with Gasteiger partial charge in [-0.3, -0.25) is 14.2 Å². The predicted molar refractivity (Wildman–Crippen MR) is 153 cm³/mol. The Morgan fingerprint density at radius 3 is 2.50 bits per heavy atom. The minimum absolute atomic E-state index is 0.109. The molecule has 0 aliphatic rings. The third-order valence-corrected chi connectivity index (χ3v) is 8.14. The largest absolute Gasteiger partial charge is 0.494 e. The molecule has 4 aromatic rings. The van der Waals surface area contributed by atoms with Crippen LogP contribution in [-0.4, -0.2) is 17.5 Å². The van der Waals surface area contributed by atoms with Gasteiger partial charge in [-0.2, -0.15) is 4.39 Å². The summed E-state index contributed by atoms with van der Waals surface area (Å²) in [4.78, 5) is 26.7. The molecule has 38 heavy (non-hydrogen) atoms. The van der Waals surface area contributed by atoms with Crippen LogP contribution in [0.4, 0.5) is 8.78 Å². The summed E-state index contributed by atoms with van der Waals surface area (Å²) < 4.78 is 36.7. The maximum Gasteiger partial charge on any atom is 0.269 e. The number of rotatable bonds is 6. The van der Waals surface area contributed by atoms with E-state index >= 15 is 0 Å². The lowest BCUT2D eigenvalue weighted by molar-refractivity contribution is -0.120. The van der Waals surface area contributed by atoms with Gasteiger partial charge >= 0.3 is 0 Å². The van der Waals surface area contributed by atoms with E-state index < -0.39 is 17.0 Å². The van der Waals surface area contributed by atoms with Gasteiger partial charge in [-0.25, -0.2) is 4.39 Å². The molecule has 0 unspecified atom stereocenters. The van der Waals surface area contributed by atoms with Crippen molar-refractivity contribution in [2.75, 3.05) is 7.11 Å². The van der Waals surface area contributed by atoms with Gasteiger partial charge in [0, 0.05) is 21.5 Å². The van der Waals surface area contributed by atoms with Crippen LogP contribution < -0.4 is 19.5 Å². The summed E-state index contributed by atoms with van der Waals surface area (Å²) in [5.74, 6) is -2.66. The van der Waals surface area contributed by atoms with E-state index in [1.165, 1.54) is 25.3 Å². The second-order valence-electron chi connectivity index (χ2n) is 9.98. The van der Waals surface area contributed by atoms with E-state index in [0.717, 1.165) is 39.7 Å². The molecule has 0 amide bonds. The highest BCUT2D eigenvalue weighted by molar-refractivity contribution is 9.10. The summed E-state index contributed by atoms with van der Waals surface area (Å²) in [6.45, 7) is 7.71. The number of ketones is 1. The van der Waals surface area contributed by atoms with Crippen molar-refractivity contribution >= 4 is 56.0 Å². The molecule has 4 nitrogen and oxygen atoms in total. The van der Waals surface area contributed by atoms with Gasteiger partial charge in [-0.1, -0.05) is 64.1 Å². The van der Waals surface area contributed by atoms with Gasteiger partial charge in [0.1, 0.15) is 4.66 Å². The number of hydrogen-bond acceptors (Lipinski definition) is 4. The van der Waals surface area contributed by atoms with Gasteiger partial charge in [0.2, 0.25) is 5.82 Å². The lowest BCUT2D eigenvalue weighted by atomic mass is 9.91. The van der Waals surface area contributed by atoms with Crippen molar-refractivity contribution in [3.63, 3.8) is 0 Å². The molecule has 0 saturated carbocycles. The summed E-state index contributed by atoms with van der Waals surface area (Å²) >= 11 is 4.34. The minimum atomic E-state index is -1.14. The van der Waals surface area contributed by atoms with Gasteiger partial charge in [0.25, 0.3) is 5.56 Å². The molecule has 3 aromatic carbocycles. The number of methoxy groups -OCH3 is 1. The standard InChI is InChI=1S/C30H28BrF2NO3S/c1-6-17-11-12-18-9-7-8-10-19(18)21(17)16-34-26(15-25(35)30(2,3)4)38-24(29(34)36)13-20-22(31)14-23(37-5)28(33)27(20)32/h7-15H,6,16H2,1-5H3/b24-13-,26-15-. The molecule has 0 saturated heterocycles. The zero-order chi connectivity index (χ0) is 27.8. The molecule has 4 rings (SSSR count). The van der Waals surface area contributed by atoms with Crippen LogP contribution in [0, 0.1) is 17.0 Å². The van der Waals surface area contributed by atoms with Crippen LogP contribution in [0.2, 0.25) is 0 Å². The van der Waals surface area contributed by atoms with Crippen LogP contribution in [0.1, 0.15) is 44.4 Å². The zero-order valence-corrected chi connectivity index (χ0v) is 24.2. The van der Waals surface area contributed by atoms with Crippen LogP contribution in [0.25, 0.3) is 22.9 Å². The number of aryl methyl sites for hydroxylation is 1. The first-order valence-electron chi connectivity index (χ1n) is 12.1. The van der Waals surface area contributed by atoms with Crippen molar-refractivity contribution in [3.05, 3.63) is 94.8 Å². The van der Waals surface area contributed by atoms with Crippen LogP contribution in [0.15, 0.2) is 51.7 Å². The lowest BCUT2D eigenvalue weighted by Crippen LogP contribution is -2.33. The Balaban J connectivity index is 2.01. The molecule has 1 heterocycles. The normalized spacial score (nSPS) is 12.9. The van der Waals surface area contributed by atoms with E-state index in [9.17, 15) is 18.4 Å². The first-order chi connectivity index (χ1) is 18.0. The highest BCUT2D eigenvalue weighted by atomic mass is 79.9. The van der Waals surface area contributed by atoms with Gasteiger partial charge in [-0.05, 0) is 56.4 Å². The third kappa shape index (κ3) is 5.38. The van der Waals surface area contributed by atoms with E-state index in [0.29, 0.717) is 4.66 Å². The molecule has 0 aliphatic carbocycles. The molecule has 0 N–H and O–H groups in total. The van der Waals surface area contributed by atoms with E-state index in [1.807, 2.05) is 24.3 Å². The van der Waals surface area contributed by atoms with Crippen molar-refractivity contribution in [3.8, 4) is 5.75 Å². The fourth-order valence-corrected chi connectivity index (χ4v) is 5.70. The summed E-state index contributed by atoms with van der Waals surface area (Å²) in [5.41, 5.74) is 0.920. The number of carbonyl (C=O) groups is 1. The van der Waals surface area contributed by atoms with E-state index in [1.54, 1.807) is 25.3 Å². The lowest BCUT2D eigenvalue weighted by Gasteiger charge is -2.14. The average molecular weight is 601 g/mol. The number of aromatic nitrogens is 1. The molecule has 198 valence electrons. The second kappa shape index (κ2) is 10.9. The molecule has 0 bridgehead atoms.